The van der Waals surface area contributed by atoms with Gasteiger partial charge in [-0.05, 0) is 37.1 Å². The Morgan fingerprint density at radius 2 is 1.74 bits per heavy atom. The number of benzene rings is 1. The highest BCUT2D eigenvalue weighted by molar-refractivity contribution is 5.93. The highest BCUT2D eigenvalue weighted by Gasteiger charge is 2.27. The maximum atomic E-state index is 12.3. The van der Waals surface area contributed by atoms with Crippen LogP contribution in [0.15, 0.2) is 54.7 Å². The third kappa shape index (κ3) is 5.13. The number of pyridine rings is 1. The molecule has 0 radical (unpaired) electrons. The molecule has 0 unspecified atom stereocenters. The van der Waals surface area contributed by atoms with Crippen molar-refractivity contribution in [3.8, 4) is 0 Å². The van der Waals surface area contributed by atoms with Gasteiger partial charge in [-0.1, -0.05) is 24.3 Å². The molecule has 0 atom stereocenters. The zero-order chi connectivity index (χ0) is 19.1. The van der Waals surface area contributed by atoms with E-state index in [9.17, 15) is 14.4 Å². The minimum absolute atomic E-state index is 0.0325. The molecule has 1 aromatic heterocycles. The number of carbonyl (C=O) groups excluding carboxylic acids is 3. The summed E-state index contributed by atoms with van der Waals surface area (Å²) >= 11 is 0. The highest BCUT2D eigenvalue weighted by Crippen LogP contribution is 2.19. The van der Waals surface area contributed by atoms with Crippen LogP contribution in [0.3, 0.4) is 0 Å². The molecule has 7 heteroatoms. The van der Waals surface area contributed by atoms with Crippen molar-refractivity contribution in [2.24, 2.45) is 5.92 Å². The third-order valence-electron chi connectivity index (χ3n) is 4.46. The molecule has 2 heterocycles. The lowest BCUT2D eigenvalue weighted by Gasteiger charge is -2.31. The predicted octanol–water partition coefficient (Wildman–Crippen LogP) is 2.12. The van der Waals surface area contributed by atoms with E-state index in [0.717, 1.165) is 5.69 Å². The van der Waals surface area contributed by atoms with Crippen LogP contribution in [0.2, 0.25) is 0 Å². The lowest BCUT2D eigenvalue weighted by molar-refractivity contribution is -0.137. The van der Waals surface area contributed by atoms with E-state index in [0.29, 0.717) is 25.9 Å². The number of likely N-dealkylation sites (tertiary alicyclic amines) is 1. The summed E-state index contributed by atoms with van der Waals surface area (Å²) < 4.78 is 5.02. The maximum Gasteiger partial charge on any atom is 0.357 e. The molecule has 2 aromatic rings. The Kier molecular flexibility index (Phi) is 6.14. The van der Waals surface area contributed by atoms with Gasteiger partial charge in [0.25, 0.3) is 5.91 Å². The molecule has 27 heavy (non-hydrogen) atoms. The highest BCUT2D eigenvalue weighted by atomic mass is 16.5. The van der Waals surface area contributed by atoms with E-state index in [1.54, 1.807) is 17.0 Å². The first-order valence-corrected chi connectivity index (χ1v) is 8.85. The lowest BCUT2D eigenvalue weighted by atomic mass is 9.95. The minimum atomic E-state index is -0.624. The average Bonchev–Trinajstić information content (AvgIpc) is 2.73. The van der Waals surface area contributed by atoms with Crippen molar-refractivity contribution in [3.05, 3.63) is 60.4 Å². The number of carbonyl (C=O) groups is 3. The van der Waals surface area contributed by atoms with Gasteiger partial charge in [0.2, 0.25) is 5.91 Å². The van der Waals surface area contributed by atoms with Crippen LogP contribution in [-0.2, 0) is 14.3 Å². The van der Waals surface area contributed by atoms with Gasteiger partial charge < -0.3 is 15.0 Å². The predicted molar refractivity (Wildman–Crippen MR) is 98.9 cm³/mol. The normalized spacial score (nSPS) is 14.4. The van der Waals surface area contributed by atoms with E-state index in [4.69, 9.17) is 4.74 Å². The average molecular weight is 367 g/mol. The van der Waals surface area contributed by atoms with Gasteiger partial charge in [-0.25, -0.2) is 9.78 Å². The molecule has 1 N–H and O–H groups in total. The largest absolute Gasteiger partial charge is 0.451 e. The summed E-state index contributed by atoms with van der Waals surface area (Å²) in [6.45, 7) is 0.607. The maximum absolute atomic E-state index is 12.3. The Bertz CT molecular complexity index is 787. The van der Waals surface area contributed by atoms with E-state index >= 15 is 0 Å². The summed E-state index contributed by atoms with van der Waals surface area (Å²) in [6.07, 6.45) is 2.65. The molecular weight excluding hydrogens is 346 g/mol. The number of aromatic nitrogens is 1. The van der Waals surface area contributed by atoms with Crippen molar-refractivity contribution in [2.45, 2.75) is 12.8 Å². The molecule has 0 aliphatic carbocycles. The van der Waals surface area contributed by atoms with Crippen LogP contribution >= 0.6 is 0 Å². The van der Waals surface area contributed by atoms with Crippen molar-refractivity contribution in [1.82, 2.24) is 9.88 Å². The molecule has 1 aliphatic rings. The monoisotopic (exact) mass is 367 g/mol. The van der Waals surface area contributed by atoms with Crippen LogP contribution < -0.4 is 5.32 Å². The van der Waals surface area contributed by atoms with Gasteiger partial charge in [0.05, 0.1) is 0 Å². The third-order valence-corrected chi connectivity index (χ3v) is 4.46. The van der Waals surface area contributed by atoms with Crippen molar-refractivity contribution in [2.75, 3.05) is 25.0 Å². The number of nitrogens with zero attached hydrogens (tertiary/aromatic N) is 2. The number of para-hydroxylation sites is 1. The zero-order valence-corrected chi connectivity index (χ0v) is 14.8. The summed E-state index contributed by atoms with van der Waals surface area (Å²) in [4.78, 5) is 41.9. The van der Waals surface area contributed by atoms with Crippen LogP contribution in [0.25, 0.3) is 0 Å². The lowest BCUT2D eigenvalue weighted by Crippen LogP contribution is -2.43. The molecule has 7 nitrogen and oxygen atoms in total. The fourth-order valence-corrected chi connectivity index (χ4v) is 2.93. The van der Waals surface area contributed by atoms with Crippen molar-refractivity contribution in [3.63, 3.8) is 0 Å². The minimum Gasteiger partial charge on any atom is -0.451 e. The summed E-state index contributed by atoms with van der Waals surface area (Å²) in [7, 11) is 0. The second kappa shape index (κ2) is 8.93. The van der Waals surface area contributed by atoms with Crippen LogP contribution in [-0.4, -0.2) is 47.4 Å². The second-order valence-corrected chi connectivity index (χ2v) is 6.30. The first-order chi connectivity index (χ1) is 13.1. The van der Waals surface area contributed by atoms with Gasteiger partial charge in [0, 0.05) is 30.9 Å². The summed E-state index contributed by atoms with van der Waals surface area (Å²) in [5, 5.41) is 2.90. The van der Waals surface area contributed by atoms with Crippen LogP contribution in [0.1, 0.15) is 23.3 Å². The smallest absolute Gasteiger partial charge is 0.357 e. The number of amides is 2. The number of hydrogen-bond donors (Lipinski definition) is 1. The number of rotatable bonds is 5. The molecule has 1 fully saturated rings. The van der Waals surface area contributed by atoms with E-state index in [1.807, 2.05) is 30.3 Å². The van der Waals surface area contributed by atoms with Gasteiger partial charge >= 0.3 is 5.97 Å². The Balaban J connectivity index is 1.42. The molecule has 3 rings (SSSR count). The Labute approximate surface area is 157 Å². The summed E-state index contributed by atoms with van der Waals surface area (Å²) in [5.74, 6) is -1.05. The number of ether oxygens (including phenoxy) is 1. The van der Waals surface area contributed by atoms with E-state index < -0.39 is 5.97 Å². The molecule has 1 aliphatic heterocycles. The molecule has 1 aromatic carbocycles. The fraction of sp³-hybridized carbons (Fsp3) is 0.300. The van der Waals surface area contributed by atoms with E-state index in [-0.39, 0.29) is 30.0 Å². The molecule has 140 valence electrons. The molecule has 0 spiro atoms. The molecule has 2 amide bonds. The van der Waals surface area contributed by atoms with E-state index in [1.165, 1.54) is 12.3 Å². The SMILES string of the molecule is O=C(OCC(=O)N1CCC(C(=O)Nc2ccccc2)CC1)c1ccccn1. The van der Waals surface area contributed by atoms with Crippen LogP contribution in [0.5, 0.6) is 0 Å². The quantitative estimate of drug-likeness (QED) is 0.818. The van der Waals surface area contributed by atoms with Gasteiger partial charge in [0.1, 0.15) is 5.69 Å². The first kappa shape index (κ1) is 18.6. The topological polar surface area (TPSA) is 88.6 Å². The number of hydrogen-bond acceptors (Lipinski definition) is 5. The fourth-order valence-electron chi connectivity index (χ4n) is 2.93. The van der Waals surface area contributed by atoms with Crippen molar-refractivity contribution < 1.29 is 19.1 Å². The standard InChI is InChI=1S/C20H21N3O4/c24-18(14-27-20(26)17-8-4-5-11-21-17)23-12-9-15(10-13-23)19(25)22-16-6-2-1-3-7-16/h1-8,11,15H,9-10,12-14H2,(H,22,25). The molecule has 0 saturated carbocycles. The number of esters is 1. The van der Waals surface area contributed by atoms with Gasteiger partial charge in [-0.2, -0.15) is 0 Å². The van der Waals surface area contributed by atoms with Gasteiger partial charge in [0.15, 0.2) is 6.61 Å². The summed E-state index contributed by atoms with van der Waals surface area (Å²) in [5.41, 5.74) is 0.934. The van der Waals surface area contributed by atoms with Crippen molar-refractivity contribution in [1.29, 1.82) is 0 Å². The van der Waals surface area contributed by atoms with Crippen molar-refractivity contribution >= 4 is 23.5 Å². The second-order valence-electron chi connectivity index (χ2n) is 6.30. The first-order valence-electron chi connectivity index (χ1n) is 8.85. The number of nitrogens with one attached hydrogen (secondary N) is 1. The van der Waals surface area contributed by atoms with Crippen LogP contribution in [0, 0.1) is 5.92 Å². The number of anilines is 1. The summed E-state index contributed by atoms with van der Waals surface area (Å²) in [6, 6.07) is 14.2. The van der Waals surface area contributed by atoms with E-state index in [2.05, 4.69) is 10.3 Å². The Hall–Kier alpha value is -3.22. The van der Waals surface area contributed by atoms with Gasteiger partial charge in [-0.3, -0.25) is 9.59 Å². The molecule has 0 bridgehead atoms. The zero-order valence-electron chi connectivity index (χ0n) is 14.8. The number of piperidine rings is 1. The molecular formula is C20H21N3O4. The Morgan fingerprint density at radius 3 is 2.41 bits per heavy atom. The van der Waals surface area contributed by atoms with Gasteiger partial charge in [-0.15, -0.1) is 0 Å². The van der Waals surface area contributed by atoms with Crippen LogP contribution in [0.4, 0.5) is 5.69 Å². The Morgan fingerprint density at radius 1 is 1.04 bits per heavy atom. The molecule has 1 saturated heterocycles.